The number of hydrogen-bond acceptors (Lipinski definition) is 7. The van der Waals surface area contributed by atoms with Crippen LogP contribution in [0.3, 0.4) is 0 Å². The van der Waals surface area contributed by atoms with Gasteiger partial charge in [-0.05, 0) is 82.6 Å². The maximum Gasteiger partial charge on any atom is 1.00 e. The monoisotopic (exact) mass is 727 g/mol. The molecule has 1 aliphatic heterocycles. The van der Waals surface area contributed by atoms with E-state index in [-0.39, 0.29) is 78.4 Å². The number of β-lactam (4-membered cyclic amide) rings is 1. The molecule has 4 atom stereocenters. The summed E-state index contributed by atoms with van der Waals surface area (Å²) in [6.45, 7) is 7.75. The molecule has 0 bridgehead atoms. The zero-order valence-corrected chi connectivity index (χ0v) is 32.8. The van der Waals surface area contributed by atoms with Crippen LogP contribution in [-0.2, 0) is 20.9 Å². The van der Waals surface area contributed by atoms with Gasteiger partial charge in [0.15, 0.2) is 5.78 Å². The molecule has 0 N–H and O–H groups in total. The molecule has 54 heavy (non-hydrogen) atoms. The largest absolute Gasteiger partial charge is 1.00 e. The fraction of sp³-hybridized carbons (Fsp3) is 0.489. The van der Waals surface area contributed by atoms with E-state index in [1.54, 1.807) is 29.2 Å². The molecule has 1 saturated heterocycles. The van der Waals surface area contributed by atoms with E-state index in [1.165, 1.54) is 12.8 Å². The van der Waals surface area contributed by atoms with Crippen LogP contribution in [0.25, 0.3) is 0 Å². The average molecular weight is 728 g/mol. The molecule has 2 amide bonds. The van der Waals surface area contributed by atoms with Gasteiger partial charge >= 0.3 is 24.8 Å². The first-order valence-corrected chi connectivity index (χ1v) is 19.5. The Labute approximate surface area is 332 Å². The normalized spacial score (nSPS) is 21.2. The van der Waals surface area contributed by atoms with Crippen LogP contribution in [-0.4, -0.2) is 40.5 Å². The number of carboxylic acids is 1. The van der Waals surface area contributed by atoms with Crippen LogP contribution >= 0.6 is 0 Å². The van der Waals surface area contributed by atoms with Crippen LogP contribution < -0.4 is 24.0 Å². The molecule has 2 aliphatic carbocycles. The predicted octanol–water partition coefficient (Wildman–Crippen LogP) is 5.20. The first-order chi connectivity index (χ1) is 25.4. The number of imide groups is 1. The second-order valence-electron chi connectivity index (χ2n) is 15.5. The number of hydrogen-bond donors (Lipinski definition) is 0. The van der Waals surface area contributed by atoms with Crippen molar-refractivity contribution in [2.75, 3.05) is 0 Å². The van der Waals surface area contributed by atoms with Crippen LogP contribution in [0.2, 0.25) is 0 Å². The van der Waals surface area contributed by atoms with Gasteiger partial charge in [0, 0.05) is 17.9 Å². The van der Waals surface area contributed by atoms with Gasteiger partial charge in [0.25, 0.3) is 0 Å². The van der Waals surface area contributed by atoms with Gasteiger partial charge in [-0.25, -0.2) is 4.79 Å². The van der Waals surface area contributed by atoms with Crippen molar-refractivity contribution in [3.8, 4) is 0 Å². The molecule has 3 fully saturated rings. The average Bonchev–Trinajstić information content (AvgIpc) is 3.09. The predicted molar refractivity (Wildman–Crippen MR) is 202 cm³/mol. The molecule has 282 valence electrons. The summed E-state index contributed by atoms with van der Waals surface area (Å²) in [7, 11) is 0. The van der Waals surface area contributed by atoms with Crippen molar-refractivity contribution in [2.45, 2.75) is 124 Å². The van der Waals surface area contributed by atoms with Gasteiger partial charge < -0.3 is 14.6 Å². The Balaban J connectivity index is 0.000000466. The van der Waals surface area contributed by atoms with Crippen molar-refractivity contribution in [3.05, 3.63) is 105 Å². The first-order valence-electron chi connectivity index (χ1n) is 19.5. The summed E-state index contributed by atoms with van der Waals surface area (Å²) in [6, 6.07) is 18.1. The third kappa shape index (κ3) is 11.3. The minimum Gasteiger partial charge on any atom is -0.545 e. The second kappa shape index (κ2) is 20.1. The smallest absolute Gasteiger partial charge is 0.545 e. The summed E-state index contributed by atoms with van der Waals surface area (Å²) < 4.78 is 5.52. The summed E-state index contributed by atoms with van der Waals surface area (Å²) in [5, 5.41) is 10.4. The molecule has 8 nitrogen and oxygen atoms in total. The molecule has 2 saturated carbocycles. The molecule has 1 heterocycles. The van der Waals surface area contributed by atoms with Gasteiger partial charge in [0.2, 0.25) is 11.8 Å². The Bertz CT molecular complexity index is 1760. The Kier molecular flexibility index (Phi) is 15.9. The van der Waals surface area contributed by atoms with Crippen LogP contribution in [0.5, 0.6) is 0 Å². The second-order valence-corrected chi connectivity index (χ2v) is 15.5. The molecule has 0 radical (unpaired) electrons. The van der Waals surface area contributed by atoms with Gasteiger partial charge in [0.05, 0.1) is 23.5 Å². The van der Waals surface area contributed by atoms with E-state index in [0.29, 0.717) is 17.5 Å². The van der Waals surface area contributed by atoms with E-state index >= 15 is 0 Å². The minimum atomic E-state index is -1.11. The maximum absolute atomic E-state index is 13.9. The molecular formula is C45H54LiNO7. The summed E-state index contributed by atoms with van der Waals surface area (Å²) in [5.41, 5.74) is 6.13. The van der Waals surface area contributed by atoms with Crippen LogP contribution in [0.1, 0.15) is 142 Å². The Morgan fingerprint density at radius 3 is 1.76 bits per heavy atom. The first kappa shape index (κ1) is 42.7. The number of benzene rings is 3. The molecule has 0 unspecified atom stereocenters. The number of nitrogens with zero attached hydrogens (tertiary/aromatic N) is 1. The summed E-state index contributed by atoms with van der Waals surface area (Å²) in [4.78, 5) is 65.0. The molecule has 0 spiro atoms. The number of Topliss-reactive ketones (excluding diaryl/α,β-unsaturated/α-hetero) is 1. The Hall–Kier alpha value is -3.99. The molecule has 0 aromatic heterocycles. The van der Waals surface area contributed by atoms with Gasteiger partial charge in [-0.1, -0.05) is 122 Å². The number of ketones is 1. The number of carbonyl (C=O) groups is 5. The number of ether oxygens (including phenoxy) is 1. The van der Waals surface area contributed by atoms with E-state index in [2.05, 4.69) is 0 Å². The van der Waals surface area contributed by atoms with Crippen molar-refractivity contribution >= 4 is 29.5 Å². The number of rotatable bonds is 8. The van der Waals surface area contributed by atoms with E-state index < -0.39 is 5.97 Å². The van der Waals surface area contributed by atoms with E-state index in [0.717, 1.165) is 92.0 Å². The van der Waals surface area contributed by atoms with Crippen molar-refractivity contribution in [1.82, 2.24) is 4.90 Å². The van der Waals surface area contributed by atoms with Crippen molar-refractivity contribution < 1.29 is 52.7 Å². The van der Waals surface area contributed by atoms with Crippen LogP contribution in [0, 0.1) is 45.4 Å². The molecule has 6 rings (SSSR count). The fourth-order valence-corrected chi connectivity index (χ4v) is 8.46. The SMILES string of the molecule is Cc1cc(C)cc(C(=O)OCc2ccc(C(=O)C[C@H]3CCCCCC[C@H]3C(=O)N3C(=O)[C@@H]4CCCCCC[C@@H]43)cc2)c1.Cc1cc(C)cc(C(=O)[O-])c1.[Li+]. The Morgan fingerprint density at radius 1 is 0.667 bits per heavy atom. The van der Waals surface area contributed by atoms with Crippen molar-refractivity contribution in [1.29, 1.82) is 0 Å². The topological polar surface area (TPSA) is 121 Å². The zero-order chi connectivity index (χ0) is 38.1. The number of esters is 1. The molecule has 3 aromatic rings. The number of aryl methyl sites for hydroxylation is 4. The van der Waals surface area contributed by atoms with Gasteiger partial charge in [-0.15, -0.1) is 0 Å². The number of carboxylic acid groups (broad SMARTS) is 1. The zero-order valence-electron chi connectivity index (χ0n) is 32.8. The summed E-state index contributed by atoms with van der Waals surface area (Å²) in [6.07, 6.45) is 12.4. The Morgan fingerprint density at radius 2 is 1.19 bits per heavy atom. The van der Waals surface area contributed by atoms with E-state index in [9.17, 15) is 29.1 Å². The molecule has 3 aromatic carbocycles. The van der Waals surface area contributed by atoms with Gasteiger partial charge in [-0.3, -0.25) is 19.3 Å². The van der Waals surface area contributed by atoms with Crippen LogP contribution in [0.15, 0.2) is 60.7 Å². The van der Waals surface area contributed by atoms with Crippen LogP contribution in [0.4, 0.5) is 0 Å². The third-order valence-electron chi connectivity index (χ3n) is 11.1. The van der Waals surface area contributed by atoms with Crippen molar-refractivity contribution in [2.24, 2.45) is 17.8 Å². The van der Waals surface area contributed by atoms with Gasteiger partial charge in [-0.2, -0.15) is 0 Å². The number of amides is 2. The number of aromatic carboxylic acids is 1. The van der Waals surface area contributed by atoms with E-state index in [4.69, 9.17) is 4.74 Å². The molecular weight excluding hydrogens is 673 g/mol. The fourth-order valence-electron chi connectivity index (χ4n) is 8.46. The number of likely N-dealkylation sites (tertiary alicyclic amines) is 1. The number of fused-ring (bicyclic) bond motifs is 1. The maximum atomic E-state index is 13.9. The summed E-state index contributed by atoms with van der Waals surface area (Å²) in [5.74, 6) is -1.77. The minimum absolute atomic E-state index is 0. The standard InChI is InChI=1S/C36H45NO5.C9H10O2.Li/c1-24-19-25(2)21-29(20-24)36(41)42-23-26-15-17-27(18-16-26)33(38)22-28-11-7-3-4-8-12-30(28)34(39)37-32-14-10-6-5-9-13-31(32)35(37)40;1-6-3-7(2)5-8(4-6)9(10)11;/h15-21,28,30-32H,3-14,22-23H2,1-2H3;3-5H,1-2H3,(H,10,11);/q;;+1/p-1/t28-,30-,31-,32+;;/m1../s1. The molecule has 3 aliphatic rings. The number of carbonyl (C=O) groups excluding carboxylic acids is 5. The quantitative estimate of drug-likeness (QED) is 0.103. The third-order valence-corrected chi connectivity index (χ3v) is 11.1. The van der Waals surface area contributed by atoms with Crippen molar-refractivity contribution in [3.63, 3.8) is 0 Å². The van der Waals surface area contributed by atoms with Gasteiger partial charge in [0.1, 0.15) is 6.61 Å². The molecule has 9 heteroatoms. The summed E-state index contributed by atoms with van der Waals surface area (Å²) >= 11 is 0. The van der Waals surface area contributed by atoms with E-state index in [1.807, 2.05) is 64.1 Å².